The third kappa shape index (κ3) is 6.72. The number of alkyl carbamates (subject to hydrolysis) is 1. The molecular formula is C19H27FN2O3. The molecule has 0 saturated carbocycles. The summed E-state index contributed by atoms with van der Waals surface area (Å²) in [5.74, 6) is 0.0344. The van der Waals surface area contributed by atoms with E-state index in [1.807, 2.05) is 25.7 Å². The number of hydrogen-bond acceptors (Lipinski definition) is 3. The van der Waals surface area contributed by atoms with E-state index >= 15 is 0 Å². The predicted molar refractivity (Wildman–Crippen MR) is 93.6 cm³/mol. The number of halogens is 1. The van der Waals surface area contributed by atoms with Crippen molar-refractivity contribution in [3.05, 3.63) is 35.6 Å². The van der Waals surface area contributed by atoms with Gasteiger partial charge in [-0.3, -0.25) is 4.79 Å². The van der Waals surface area contributed by atoms with Crippen LogP contribution in [0.25, 0.3) is 0 Å². The van der Waals surface area contributed by atoms with Crippen LogP contribution in [0.5, 0.6) is 0 Å². The summed E-state index contributed by atoms with van der Waals surface area (Å²) in [6.45, 7) is 7.37. The van der Waals surface area contributed by atoms with Crippen LogP contribution >= 0.6 is 0 Å². The first-order chi connectivity index (χ1) is 11.7. The lowest BCUT2D eigenvalue weighted by Crippen LogP contribution is -2.42. The van der Waals surface area contributed by atoms with E-state index in [0.717, 1.165) is 12.8 Å². The first kappa shape index (κ1) is 19.2. The van der Waals surface area contributed by atoms with E-state index in [0.29, 0.717) is 31.1 Å². The molecule has 0 aromatic heterocycles. The van der Waals surface area contributed by atoms with Crippen molar-refractivity contribution in [2.45, 2.75) is 45.6 Å². The van der Waals surface area contributed by atoms with Gasteiger partial charge in [0.15, 0.2) is 0 Å². The largest absolute Gasteiger partial charge is 0.444 e. The summed E-state index contributed by atoms with van der Waals surface area (Å²) in [6.07, 6.45) is 1.49. The van der Waals surface area contributed by atoms with Crippen molar-refractivity contribution in [3.63, 3.8) is 0 Å². The molecule has 0 radical (unpaired) electrons. The molecular weight excluding hydrogens is 323 g/mol. The molecule has 1 aromatic carbocycles. The number of nitrogens with one attached hydrogen (secondary N) is 1. The Hall–Kier alpha value is -2.11. The molecule has 0 unspecified atom stereocenters. The second-order valence-electron chi connectivity index (χ2n) is 7.51. The van der Waals surface area contributed by atoms with Crippen molar-refractivity contribution in [2.75, 3.05) is 19.6 Å². The maximum atomic E-state index is 13.2. The van der Waals surface area contributed by atoms with Crippen molar-refractivity contribution in [2.24, 2.45) is 5.92 Å². The molecule has 6 heteroatoms. The zero-order valence-corrected chi connectivity index (χ0v) is 15.2. The molecule has 1 N–H and O–H groups in total. The Morgan fingerprint density at radius 2 is 1.96 bits per heavy atom. The van der Waals surface area contributed by atoms with Crippen LogP contribution in [0.3, 0.4) is 0 Å². The lowest BCUT2D eigenvalue weighted by atomic mass is 9.96. The zero-order valence-electron chi connectivity index (χ0n) is 15.2. The SMILES string of the molecule is CC(C)(C)OC(=O)NCC1CCN(C(=O)Cc2cccc(F)c2)CC1. The fraction of sp³-hybridized carbons (Fsp3) is 0.579. The van der Waals surface area contributed by atoms with Gasteiger partial charge in [0.25, 0.3) is 0 Å². The first-order valence-electron chi connectivity index (χ1n) is 8.72. The van der Waals surface area contributed by atoms with Gasteiger partial charge in [-0.15, -0.1) is 0 Å². The quantitative estimate of drug-likeness (QED) is 0.908. The topological polar surface area (TPSA) is 58.6 Å². The Morgan fingerprint density at radius 3 is 2.56 bits per heavy atom. The monoisotopic (exact) mass is 350 g/mol. The minimum absolute atomic E-state index is 0.0177. The van der Waals surface area contributed by atoms with Crippen LogP contribution < -0.4 is 5.32 Å². The Morgan fingerprint density at radius 1 is 1.28 bits per heavy atom. The summed E-state index contributed by atoms with van der Waals surface area (Å²) in [6, 6.07) is 6.15. The highest BCUT2D eigenvalue weighted by molar-refractivity contribution is 5.78. The fourth-order valence-electron chi connectivity index (χ4n) is 2.86. The van der Waals surface area contributed by atoms with Crippen LogP contribution in [0.2, 0.25) is 0 Å². The number of ether oxygens (including phenoxy) is 1. The highest BCUT2D eigenvalue weighted by atomic mass is 19.1. The number of piperidine rings is 1. The zero-order chi connectivity index (χ0) is 18.4. The second-order valence-corrected chi connectivity index (χ2v) is 7.51. The minimum Gasteiger partial charge on any atom is -0.444 e. The molecule has 1 aliphatic heterocycles. The average molecular weight is 350 g/mol. The lowest BCUT2D eigenvalue weighted by Gasteiger charge is -2.32. The molecule has 0 bridgehead atoms. The van der Waals surface area contributed by atoms with Crippen LogP contribution in [0.15, 0.2) is 24.3 Å². The number of hydrogen-bond donors (Lipinski definition) is 1. The Balaban J connectivity index is 1.72. The molecule has 25 heavy (non-hydrogen) atoms. The number of nitrogens with zero attached hydrogens (tertiary/aromatic N) is 1. The number of carbonyl (C=O) groups excluding carboxylic acids is 2. The van der Waals surface area contributed by atoms with E-state index in [-0.39, 0.29) is 18.1 Å². The van der Waals surface area contributed by atoms with E-state index in [9.17, 15) is 14.0 Å². The molecule has 5 nitrogen and oxygen atoms in total. The van der Waals surface area contributed by atoms with E-state index in [1.165, 1.54) is 12.1 Å². The third-order valence-electron chi connectivity index (χ3n) is 4.15. The van der Waals surface area contributed by atoms with Gasteiger partial charge < -0.3 is 15.0 Å². The predicted octanol–water partition coefficient (Wildman–Crippen LogP) is 3.13. The van der Waals surface area contributed by atoms with Gasteiger partial charge in [-0.1, -0.05) is 12.1 Å². The molecule has 2 rings (SSSR count). The van der Waals surface area contributed by atoms with Crippen LogP contribution in [0.1, 0.15) is 39.2 Å². The molecule has 1 aromatic rings. The molecule has 138 valence electrons. The Kier molecular flexibility index (Phi) is 6.39. The van der Waals surface area contributed by atoms with Crippen LogP contribution in [-0.2, 0) is 16.0 Å². The standard InChI is InChI=1S/C19H27FN2O3/c1-19(2,3)25-18(24)21-13-14-7-9-22(10-8-14)17(23)12-15-5-4-6-16(20)11-15/h4-6,11,14H,7-10,12-13H2,1-3H3,(H,21,24). The number of amides is 2. The molecule has 2 amide bonds. The van der Waals surface area contributed by atoms with Crippen molar-refractivity contribution in [3.8, 4) is 0 Å². The van der Waals surface area contributed by atoms with E-state index < -0.39 is 11.7 Å². The summed E-state index contributed by atoms with van der Waals surface area (Å²) in [7, 11) is 0. The number of benzene rings is 1. The molecule has 1 fully saturated rings. The van der Waals surface area contributed by atoms with Gasteiger partial charge in [-0.2, -0.15) is 0 Å². The summed E-state index contributed by atoms with van der Waals surface area (Å²) in [5.41, 5.74) is 0.190. The van der Waals surface area contributed by atoms with E-state index in [1.54, 1.807) is 12.1 Å². The maximum absolute atomic E-state index is 13.2. The van der Waals surface area contributed by atoms with Crippen molar-refractivity contribution in [1.29, 1.82) is 0 Å². The maximum Gasteiger partial charge on any atom is 0.407 e. The normalized spacial score (nSPS) is 15.8. The van der Waals surface area contributed by atoms with Crippen molar-refractivity contribution in [1.82, 2.24) is 10.2 Å². The van der Waals surface area contributed by atoms with Crippen molar-refractivity contribution < 1.29 is 18.7 Å². The van der Waals surface area contributed by atoms with Crippen LogP contribution in [-0.4, -0.2) is 42.1 Å². The summed E-state index contributed by atoms with van der Waals surface area (Å²) in [4.78, 5) is 25.8. The van der Waals surface area contributed by atoms with Gasteiger partial charge in [0.1, 0.15) is 11.4 Å². The van der Waals surface area contributed by atoms with Gasteiger partial charge in [0.05, 0.1) is 6.42 Å². The van der Waals surface area contributed by atoms with Gasteiger partial charge in [0.2, 0.25) is 5.91 Å². The van der Waals surface area contributed by atoms with Crippen LogP contribution in [0.4, 0.5) is 9.18 Å². The molecule has 1 heterocycles. The van der Waals surface area contributed by atoms with Gasteiger partial charge >= 0.3 is 6.09 Å². The molecule has 0 aliphatic carbocycles. The highest BCUT2D eigenvalue weighted by Gasteiger charge is 2.24. The minimum atomic E-state index is -0.503. The molecule has 0 spiro atoms. The van der Waals surface area contributed by atoms with E-state index in [2.05, 4.69) is 5.32 Å². The average Bonchev–Trinajstić information content (AvgIpc) is 2.52. The Labute approximate surface area is 148 Å². The first-order valence-corrected chi connectivity index (χ1v) is 8.72. The fourth-order valence-corrected chi connectivity index (χ4v) is 2.86. The molecule has 1 aliphatic rings. The summed E-state index contributed by atoms with van der Waals surface area (Å²) in [5, 5.41) is 2.79. The molecule has 1 saturated heterocycles. The van der Waals surface area contributed by atoms with Gasteiger partial charge in [-0.25, -0.2) is 9.18 Å². The smallest absolute Gasteiger partial charge is 0.407 e. The second kappa shape index (κ2) is 8.32. The lowest BCUT2D eigenvalue weighted by molar-refractivity contribution is -0.131. The van der Waals surface area contributed by atoms with Gasteiger partial charge in [0, 0.05) is 19.6 Å². The number of carbonyl (C=O) groups is 2. The van der Waals surface area contributed by atoms with Crippen molar-refractivity contribution >= 4 is 12.0 Å². The van der Waals surface area contributed by atoms with E-state index in [4.69, 9.17) is 4.74 Å². The van der Waals surface area contributed by atoms with Crippen LogP contribution in [0, 0.1) is 11.7 Å². The Bertz CT molecular complexity index is 605. The number of likely N-dealkylation sites (tertiary alicyclic amines) is 1. The number of rotatable bonds is 4. The summed E-state index contributed by atoms with van der Waals surface area (Å²) >= 11 is 0. The third-order valence-corrected chi connectivity index (χ3v) is 4.15. The van der Waals surface area contributed by atoms with Gasteiger partial charge in [-0.05, 0) is 57.2 Å². The summed E-state index contributed by atoms with van der Waals surface area (Å²) < 4.78 is 18.4. The molecule has 0 atom stereocenters. The highest BCUT2D eigenvalue weighted by Crippen LogP contribution is 2.18.